The van der Waals surface area contributed by atoms with Crippen LogP contribution in [0.25, 0.3) is 0 Å². The number of alkyl halides is 3. The molecule has 1 aromatic carbocycles. The lowest BCUT2D eigenvalue weighted by Gasteiger charge is -2.13. The van der Waals surface area contributed by atoms with Crippen LogP contribution in [0.4, 0.5) is 13.2 Å². The largest absolute Gasteiger partial charge is 0.416 e. The van der Waals surface area contributed by atoms with E-state index in [1.54, 1.807) is 22.6 Å². The number of hydrogen-bond acceptors (Lipinski definition) is 2. The van der Waals surface area contributed by atoms with Crippen LogP contribution < -0.4 is 10.6 Å². The highest BCUT2D eigenvalue weighted by Gasteiger charge is 2.31. The molecular formula is C12H13ClF3IN2O. The van der Waals surface area contributed by atoms with Gasteiger partial charge in [0.05, 0.1) is 5.56 Å². The van der Waals surface area contributed by atoms with Gasteiger partial charge >= 0.3 is 6.18 Å². The van der Waals surface area contributed by atoms with Crippen molar-refractivity contribution in [2.24, 2.45) is 0 Å². The predicted octanol–water partition coefficient (Wildman–Crippen LogP) is 2.82. The molecule has 1 fully saturated rings. The molecule has 2 N–H and O–H groups in total. The third-order valence-corrected chi connectivity index (χ3v) is 3.51. The van der Waals surface area contributed by atoms with Crippen molar-refractivity contribution >= 4 is 40.9 Å². The van der Waals surface area contributed by atoms with E-state index in [0.29, 0.717) is 10.1 Å². The first kappa shape index (κ1) is 17.5. The normalized spacial score (nSPS) is 18.5. The number of carbonyl (C=O) groups is 1. The van der Waals surface area contributed by atoms with Gasteiger partial charge in [0, 0.05) is 21.7 Å². The van der Waals surface area contributed by atoms with E-state index >= 15 is 0 Å². The van der Waals surface area contributed by atoms with E-state index in [9.17, 15) is 18.0 Å². The summed E-state index contributed by atoms with van der Waals surface area (Å²) in [5.41, 5.74) is -0.750. The third kappa shape index (κ3) is 4.49. The Bertz CT molecular complexity index is 490. The van der Waals surface area contributed by atoms with Crippen LogP contribution in [-0.2, 0) is 6.18 Å². The van der Waals surface area contributed by atoms with Gasteiger partial charge in [-0.3, -0.25) is 4.79 Å². The summed E-state index contributed by atoms with van der Waals surface area (Å²) in [6.07, 6.45) is -3.65. The number of halogens is 5. The Morgan fingerprint density at radius 1 is 1.35 bits per heavy atom. The summed E-state index contributed by atoms with van der Waals surface area (Å²) in [6, 6.07) is 3.35. The quantitative estimate of drug-likeness (QED) is 0.723. The van der Waals surface area contributed by atoms with Crippen LogP contribution in [0.2, 0.25) is 0 Å². The average molecular weight is 421 g/mol. The Hall–Kier alpha value is -0.540. The van der Waals surface area contributed by atoms with Crippen LogP contribution in [-0.4, -0.2) is 25.0 Å². The molecule has 0 radical (unpaired) electrons. The summed E-state index contributed by atoms with van der Waals surface area (Å²) < 4.78 is 38.4. The van der Waals surface area contributed by atoms with Gasteiger partial charge in [-0.05, 0) is 53.8 Å². The van der Waals surface area contributed by atoms with Crippen molar-refractivity contribution < 1.29 is 18.0 Å². The molecule has 1 atom stereocenters. The topological polar surface area (TPSA) is 41.1 Å². The van der Waals surface area contributed by atoms with E-state index in [-0.39, 0.29) is 24.0 Å². The van der Waals surface area contributed by atoms with Crippen molar-refractivity contribution in [3.8, 4) is 0 Å². The second-order valence-corrected chi connectivity index (χ2v) is 5.64. The Morgan fingerprint density at radius 3 is 2.60 bits per heavy atom. The van der Waals surface area contributed by atoms with Crippen LogP contribution in [0.15, 0.2) is 18.2 Å². The molecule has 112 valence electrons. The fourth-order valence-electron chi connectivity index (χ4n) is 1.93. The highest BCUT2D eigenvalue weighted by Crippen LogP contribution is 2.31. The molecule has 0 aliphatic carbocycles. The van der Waals surface area contributed by atoms with Crippen LogP contribution in [0.1, 0.15) is 22.3 Å². The van der Waals surface area contributed by atoms with Gasteiger partial charge in [0.25, 0.3) is 5.91 Å². The molecule has 0 spiro atoms. The highest BCUT2D eigenvalue weighted by molar-refractivity contribution is 14.1. The van der Waals surface area contributed by atoms with Crippen molar-refractivity contribution in [3.63, 3.8) is 0 Å². The van der Waals surface area contributed by atoms with Crippen LogP contribution in [0.5, 0.6) is 0 Å². The van der Waals surface area contributed by atoms with Crippen molar-refractivity contribution in [2.45, 2.75) is 18.6 Å². The van der Waals surface area contributed by atoms with Crippen molar-refractivity contribution in [3.05, 3.63) is 32.9 Å². The standard InChI is InChI=1S/C12H12F3IN2O.ClH/c13-12(14,15)8-3-7(4-9(16)5-8)11(19)18-10-1-2-17-6-10;/h3-5,10,17H,1-2,6H2,(H,18,19);1H. The number of hydrogen-bond donors (Lipinski definition) is 2. The van der Waals surface area contributed by atoms with Crippen molar-refractivity contribution in [1.29, 1.82) is 0 Å². The summed E-state index contributed by atoms with van der Waals surface area (Å²) in [5, 5.41) is 5.81. The van der Waals surface area contributed by atoms with E-state index in [1.807, 2.05) is 0 Å². The highest BCUT2D eigenvalue weighted by atomic mass is 127. The number of nitrogens with one attached hydrogen (secondary N) is 2. The van der Waals surface area contributed by atoms with E-state index in [1.165, 1.54) is 6.07 Å². The Kier molecular flexibility index (Phi) is 6.08. The maximum Gasteiger partial charge on any atom is 0.416 e. The molecule has 1 amide bonds. The summed E-state index contributed by atoms with van der Waals surface area (Å²) in [5.74, 6) is -0.460. The van der Waals surface area contributed by atoms with Gasteiger partial charge in [0.15, 0.2) is 0 Å². The molecule has 0 saturated carbocycles. The molecule has 20 heavy (non-hydrogen) atoms. The third-order valence-electron chi connectivity index (χ3n) is 2.88. The SMILES string of the molecule is Cl.O=C(NC1CCNC1)c1cc(I)cc(C(F)(F)F)c1. The molecule has 3 nitrogen and oxygen atoms in total. The molecule has 1 aliphatic heterocycles. The van der Waals surface area contributed by atoms with Gasteiger partial charge in [-0.1, -0.05) is 0 Å². The van der Waals surface area contributed by atoms with Crippen molar-refractivity contribution in [1.82, 2.24) is 10.6 Å². The molecule has 1 saturated heterocycles. The number of benzene rings is 1. The minimum absolute atomic E-state index is 0. The Labute approximate surface area is 134 Å². The summed E-state index contributed by atoms with van der Waals surface area (Å²) in [4.78, 5) is 11.9. The second-order valence-electron chi connectivity index (χ2n) is 4.39. The first-order valence-electron chi connectivity index (χ1n) is 5.75. The van der Waals surface area contributed by atoms with Crippen molar-refractivity contribution in [2.75, 3.05) is 13.1 Å². The van der Waals surface area contributed by atoms with Crippen LogP contribution in [0.3, 0.4) is 0 Å². The molecule has 2 rings (SSSR count). The van der Waals surface area contributed by atoms with Gasteiger partial charge in [-0.2, -0.15) is 13.2 Å². The smallest absolute Gasteiger partial charge is 0.348 e. The summed E-state index contributed by atoms with van der Waals surface area (Å²) in [7, 11) is 0. The Balaban J connectivity index is 0.00000200. The van der Waals surface area contributed by atoms with E-state index < -0.39 is 17.6 Å². The maximum atomic E-state index is 12.7. The predicted molar refractivity (Wildman–Crippen MR) is 80.1 cm³/mol. The lowest BCUT2D eigenvalue weighted by atomic mass is 10.1. The Morgan fingerprint density at radius 2 is 2.05 bits per heavy atom. The summed E-state index contributed by atoms with van der Waals surface area (Å²) >= 11 is 1.78. The second kappa shape index (κ2) is 6.95. The minimum Gasteiger partial charge on any atom is -0.348 e. The molecule has 8 heteroatoms. The monoisotopic (exact) mass is 420 g/mol. The first-order valence-corrected chi connectivity index (χ1v) is 6.83. The fourth-order valence-corrected chi connectivity index (χ4v) is 2.60. The molecule has 1 aliphatic rings. The van der Waals surface area contributed by atoms with Crippen LogP contribution in [0, 0.1) is 3.57 Å². The van der Waals surface area contributed by atoms with E-state index in [2.05, 4.69) is 10.6 Å². The lowest BCUT2D eigenvalue weighted by Crippen LogP contribution is -2.36. The number of carbonyl (C=O) groups excluding carboxylic acids is 1. The van der Waals surface area contributed by atoms with E-state index in [4.69, 9.17) is 0 Å². The molecule has 0 aromatic heterocycles. The first-order chi connectivity index (χ1) is 8.86. The molecule has 1 unspecified atom stereocenters. The van der Waals surface area contributed by atoms with Crippen LogP contribution >= 0.6 is 35.0 Å². The van der Waals surface area contributed by atoms with Gasteiger partial charge in [0.1, 0.15) is 0 Å². The van der Waals surface area contributed by atoms with E-state index in [0.717, 1.165) is 25.1 Å². The molecule has 0 bridgehead atoms. The zero-order valence-electron chi connectivity index (χ0n) is 10.3. The van der Waals surface area contributed by atoms with Gasteiger partial charge < -0.3 is 10.6 Å². The van der Waals surface area contributed by atoms with Gasteiger partial charge in [-0.15, -0.1) is 12.4 Å². The number of amides is 1. The van der Waals surface area contributed by atoms with Gasteiger partial charge in [0.2, 0.25) is 0 Å². The average Bonchev–Trinajstić information content (AvgIpc) is 2.79. The molecule has 1 heterocycles. The van der Waals surface area contributed by atoms with Gasteiger partial charge in [-0.25, -0.2) is 0 Å². The maximum absolute atomic E-state index is 12.7. The lowest BCUT2D eigenvalue weighted by molar-refractivity contribution is -0.137. The number of rotatable bonds is 2. The fraction of sp³-hybridized carbons (Fsp3) is 0.417. The zero-order valence-corrected chi connectivity index (χ0v) is 13.2. The summed E-state index contributed by atoms with van der Waals surface area (Å²) in [6.45, 7) is 1.47. The molecular weight excluding hydrogens is 407 g/mol. The minimum atomic E-state index is -4.44. The molecule has 1 aromatic rings. The zero-order chi connectivity index (χ0) is 14.0.